The zero-order chi connectivity index (χ0) is 27.1. The second-order valence-electron chi connectivity index (χ2n) is 9.15. The number of piperazine rings is 1. The van der Waals surface area contributed by atoms with Gasteiger partial charge >= 0.3 is 6.18 Å². The van der Waals surface area contributed by atoms with E-state index >= 15 is 0 Å². The fourth-order valence-electron chi connectivity index (χ4n) is 4.38. The number of hydrogen-bond acceptors (Lipinski definition) is 6. The van der Waals surface area contributed by atoms with Crippen LogP contribution in [0.15, 0.2) is 60.9 Å². The summed E-state index contributed by atoms with van der Waals surface area (Å²) in [5.74, 6) is -0.0762. The van der Waals surface area contributed by atoms with Crippen LogP contribution in [0, 0.1) is 0 Å². The molecule has 202 valence electrons. The minimum absolute atomic E-state index is 0.0812. The largest absolute Gasteiger partial charge is 0.484 e. The summed E-state index contributed by atoms with van der Waals surface area (Å²) in [5, 5.41) is 5.56. The molecule has 0 aliphatic carbocycles. The molecule has 0 radical (unpaired) electrons. The lowest BCUT2D eigenvalue weighted by molar-refractivity contribution is -0.138. The lowest BCUT2D eigenvalue weighted by Gasteiger charge is -2.34. The van der Waals surface area contributed by atoms with Gasteiger partial charge in [0.1, 0.15) is 5.75 Å². The first-order valence-electron chi connectivity index (χ1n) is 12.6. The van der Waals surface area contributed by atoms with Gasteiger partial charge in [-0.3, -0.25) is 14.7 Å². The Kier molecular flexibility index (Phi) is 8.85. The molecule has 2 heterocycles. The molecular formula is C28H32F3N5O2. The number of aromatic nitrogens is 1. The smallest absolute Gasteiger partial charge is 0.416 e. The van der Waals surface area contributed by atoms with Crippen LogP contribution in [-0.4, -0.2) is 67.1 Å². The number of likely N-dealkylation sites (N-methyl/N-ethyl adjacent to an activating group) is 1. The number of amides is 1. The van der Waals surface area contributed by atoms with Gasteiger partial charge < -0.3 is 20.3 Å². The van der Waals surface area contributed by atoms with Gasteiger partial charge in [-0.1, -0.05) is 25.1 Å². The van der Waals surface area contributed by atoms with E-state index in [4.69, 9.17) is 4.74 Å². The topological polar surface area (TPSA) is 69.7 Å². The van der Waals surface area contributed by atoms with Crippen molar-refractivity contribution in [1.82, 2.24) is 14.8 Å². The molecule has 1 aliphatic rings. The third kappa shape index (κ3) is 7.23. The van der Waals surface area contributed by atoms with Gasteiger partial charge in [0.25, 0.3) is 5.91 Å². The van der Waals surface area contributed by atoms with Crippen LogP contribution in [0.5, 0.6) is 5.75 Å². The molecule has 2 aromatic carbocycles. The number of anilines is 2. The van der Waals surface area contributed by atoms with Crippen molar-refractivity contribution in [2.24, 2.45) is 0 Å². The van der Waals surface area contributed by atoms with Crippen LogP contribution in [0.1, 0.15) is 18.1 Å². The molecule has 1 fully saturated rings. The van der Waals surface area contributed by atoms with Gasteiger partial charge in [-0.25, -0.2) is 0 Å². The number of ether oxygens (including phenoxy) is 1. The van der Waals surface area contributed by atoms with Crippen molar-refractivity contribution in [2.75, 3.05) is 57.0 Å². The number of nitrogens with one attached hydrogen (secondary N) is 2. The number of pyridine rings is 1. The maximum absolute atomic E-state index is 13.8. The summed E-state index contributed by atoms with van der Waals surface area (Å²) in [6.07, 6.45) is -1.06. The molecule has 4 rings (SSSR count). The predicted molar refractivity (Wildman–Crippen MR) is 142 cm³/mol. The molecule has 10 heteroatoms. The van der Waals surface area contributed by atoms with Gasteiger partial charge in [-0.15, -0.1) is 0 Å². The van der Waals surface area contributed by atoms with E-state index in [-0.39, 0.29) is 24.4 Å². The van der Waals surface area contributed by atoms with E-state index in [1.807, 2.05) is 30.1 Å². The highest BCUT2D eigenvalue weighted by Crippen LogP contribution is 2.34. The van der Waals surface area contributed by atoms with Gasteiger partial charge in [0.2, 0.25) is 0 Å². The van der Waals surface area contributed by atoms with E-state index in [0.717, 1.165) is 55.6 Å². The van der Waals surface area contributed by atoms with Crippen LogP contribution in [0.25, 0.3) is 11.1 Å². The van der Waals surface area contributed by atoms with E-state index < -0.39 is 17.6 Å². The molecule has 1 saturated heterocycles. The lowest BCUT2D eigenvalue weighted by Crippen LogP contribution is -2.45. The quantitative estimate of drug-likeness (QED) is 0.410. The van der Waals surface area contributed by atoms with Crippen molar-refractivity contribution in [3.8, 4) is 16.9 Å². The first kappa shape index (κ1) is 27.4. The van der Waals surface area contributed by atoms with E-state index in [1.54, 1.807) is 24.5 Å². The maximum atomic E-state index is 13.8. The Morgan fingerprint density at radius 3 is 2.32 bits per heavy atom. The van der Waals surface area contributed by atoms with Crippen LogP contribution in [0.2, 0.25) is 0 Å². The highest BCUT2D eigenvalue weighted by Gasteiger charge is 2.34. The Hall–Kier alpha value is -3.63. The number of hydrogen-bond donors (Lipinski definition) is 2. The second-order valence-corrected chi connectivity index (χ2v) is 9.15. The molecule has 0 atom stereocenters. The SMILES string of the molecule is CCN1CCN(Cc2ccc(NC(=O)COc3ccc(-c4cncc(NC)c4)cc3)cc2C(F)(F)F)CC1. The average Bonchev–Trinajstić information content (AvgIpc) is 2.93. The number of nitrogens with zero attached hydrogens (tertiary/aromatic N) is 3. The van der Waals surface area contributed by atoms with Crippen molar-refractivity contribution in [3.63, 3.8) is 0 Å². The molecule has 3 aromatic rings. The highest BCUT2D eigenvalue weighted by atomic mass is 19.4. The minimum Gasteiger partial charge on any atom is -0.484 e. The molecule has 1 aliphatic heterocycles. The third-order valence-corrected chi connectivity index (χ3v) is 6.59. The summed E-state index contributed by atoms with van der Waals surface area (Å²) in [4.78, 5) is 20.9. The number of halogens is 3. The van der Waals surface area contributed by atoms with Crippen molar-refractivity contribution in [2.45, 2.75) is 19.6 Å². The van der Waals surface area contributed by atoms with Crippen molar-refractivity contribution >= 4 is 17.3 Å². The number of carbonyl (C=O) groups is 1. The maximum Gasteiger partial charge on any atom is 0.416 e. The summed E-state index contributed by atoms with van der Waals surface area (Å²) < 4.78 is 47.0. The monoisotopic (exact) mass is 527 g/mol. The van der Waals surface area contributed by atoms with Crippen molar-refractivity contribution < 1.29 is 22.7 Å². The summed E-state index contributed by atoms with van der Waals surface area (Å²) in [7, 11) is 1.82. The van der Waals surface area contributed by atoms with E-state index in [1.165, 1.54) is 12.1 Å². The molecule has 0 spiro atoms. The van der Waals surface area contributed by atoms with E-state index in [2.05, 4.69) is 27.4 Å². The third-order valence-electron chi connectivity index (χ3n) is 6.59. The average molecular weight is 528 g/mol. The normalized spacial score (nSPS) is 14.8. The first-order valence-corrected chi connectivity index (χ1v) is 12.6. The summed E-state index contributed by atoms with van der Waals surface area (Å²) in [5.41, 5.74) is 2.29. The Morgan fingerprint density at radius 1 is 0.947 bits per heavy atom. The number of alkyl halides is 3. The van der Waals surface area contributed by atoms with Crippen LogP contribution < -0.4 is 15.4 Å². The molecule has 1 aromatic heterocycles. The summed E-state index contributed by atoms with van der Waals surface area (Å²) in [6, 6.07) is 13.1. The van der Waals surface area contributed by atoms with Crippen LogP contribution in [0.4, 0.5) is 24.5 Å². The Labute approximate surface area is 220 Å². The molecule has 2 N–H and O–H groups in total. The summed E-state index contributed by atoms with van der Waals surface area (Å²) in [6.45, 7) is 6.03. The van der Waals surface area contributed by atoms with Crippen molar-refractivity contribution in [3.05, 3.63) is 72.1 Å². The van der Waals surface area contributed by atoms with Gasteiger partial charge in [0, 0.05) is 63.4 Å². The number of rotatable bonds is 9. The van der Waals surface area contributed by atoms with E-state index in [9.17, 15) is 18.0 Å². The van der Waals surface area contributed by atoms with Crippen LogP contribution in [-0.2, 0) is 17.5 Å². The van der Waals surface area contributed by atoms with Crippen LogP contribution >= 0.6 is 0 Å². The Bertz CT molecular complexity index is 1230. The molecular weight excluding hydrogens is 495 g/mol. The zero-order valence-corrected chi connectivity index (χ0v) is 21.5. The fourth-order valence-corrected chi connectivity index (χ4v) is 4.38. The Morgan fingerprint density at radius 2 is 1.66 bits per heavy atom. The second kappa shape index (κ2) is 12.3. The molecule has 0 bridgehead atoms. The molecule has 7 nitrogen and oxygen atoms in total. The van der Waals surface area contributed by atoms with Crippen LogP contribution in [0.3, 0.4) is 0 Å². The molecule has 1 amide bonds. The summed E-state index contributed by atoms with van der Waals surface area (Å²) >= 11 is 0. The number of benzene rings is 2. The fraction of sp³-hybridized carbons (Fsp3) is 0.357. The van der Waals surface area contributed by atoms with E-state index in [0.29, 0.717) is 5.75 Å². The van der Waals surface area contributed by atoms with Gasteiger partial charge in [-0.2, -0.15) is 13.2 Å². The lowest BCUT2D eigenvalue weighted by atomic mass is 10.0. The minimum atomic E-state index is -4.53. The standard InChI is InChI=1S/C28H32F3N5O2/c1-3-35-10-12-36(13-11-35)18-21-4-7-23(15-26(21)28(29,30)31)34-27(37)19-38-25-8-5-20(6-9-25)22-14-24(32-2)17-33-16-22/h4-9,14-17,32H,3,10-13,18-19H2,1-2H3,(H,34,37). The predicted octanol–water partition coefficient (Wildman–Crippen LogP) is 4.96. The van der Waals surface area contributed by atoms with Gasteiger partial charge in [0.15, 0.2) is 6.61 Å². The van der Waals surface area contributed by atoms with Gasteiger partial charge in [-0.05, 0) is 48.0 Å². The molecule has 0 saturated carbocycles. The Balaban J connectivity index is 1.35. The molecule has 0 unspecified atom stereocenters. The molecule has 38 heavy (non-hydrogen) atoms. The zero-order valence-electron chi connectivity index (χ0n) is 21.5. The highest BCUT2D eigenvalue weighted by molar-refractivity contribution is 5.92. The number of carbonyl (C=O) groups excluding carboxylic acids is 1. The van der Waals surface area contributed by atoms with Crippen molar-refractivity contribution in [1.29, 1.82) is 0 Å². The van der Waals surface area contributed by atoms with Gasteiger partial charge in [0.05, 0.1) is 11.3 Å². The first-order chi connectivity index (χ1) is 18.2.